The normalized spacial score (nSPS) is 11.7. The summed E-state index contributed by atoms with van der Waals surface area (Å²) < 4.78 is 6.20. The van der Waals surface area contributed by atoms with Crippen LogP contribution in [0.4, 0.5) is 0 Å². The highest BCUT2D eigenvalue weighted by Crippen LogP contribution is 2.34. The average molecular weight is 259 g/mol. The third-order valence-electron chi connectivity index (χ3n) is 3.77. The largest absolute Gasteiger partial charge is 0.459 e. The van der Waals surface area contributed by atoms with Gasteiger partial charge in [0.05, 0.1) is 6.54 Å². The number of furan rings is 1. The van der Waals surface area contributed by atoms with Crippen molar-refractivity contribution in [2.24, 2.45) is 0 Å². The molecular formula is C17H25NO. The Morgan fingerprint density at radius 1 is 1.21 bits per heavy atom. The van der Waals surface area contributed by atoms with Crippen molar-refractivity contribution in [3.05, 3.63) is 34.6 Å². The summed E-state index contributed by atoms with van der Waals surface area (Å²) in [6.07, 6.45) is 1.02. The van der Waals surface area contributed by atoms with Crippen LogP contribution in [-0.4, -0.2) is 6.54 Å². The Labute approximate surface area is 116 Å². The van der Waals surface area contributed by atoms with Gasteiger partial charge in [-0.2, -0.15) is 0 Å². The number of aryl methyl sites for hydroxylation is 2. The van der Waals surface area contributed by atoms with Crippen LogP contribution in [0.15, 0.2) is 16.5 Å². The van der Waals surface area contributed by atoms with E-state index in [9.17, 15) is 0 Å². The maximum Gasteiger partial charge on any atom is 0.138 e. The molecule has 1 aromatic carbocycles. The van der Waals surface area contributed by atoms with Gasteiger partial charge in [-0.15, -0.1) is 0 Å². The summed E-state index contributed by atoms with van der Waals surface area (Å²) in [7, 11) is 0. The van der Waals surface area contributed by atoms with Crippen LogP contribution in [0.25, 0.3) is 11.0 Å². The Kier molecular flexibility index (Phi) is 4.31. The predicted octanol–water partition coefficient (Wildman–Crippen LogP) is 4.54. The van der Waals surface area contributed by atoms with Crippen molar-refractivity contribution in [3.63, 3.8) is 0 Å². The van der Waals surface area contributed by atoms with Crippen LogP contribution >= 0.6 is 0 Å². The van der Waals surface area contributed by atoms with E-state index >= 15 is 0 Å². The van der Waals surface area contributed by atoms with E-state index in [1.807, 2.05) is 0 Å². The van der Waals surface area contributed by atoms with Crippen molar-refractivity contribution < 1.29 is 4.42 Å². The van der Waals surface area contributed by atoms with E-state index in [0.717, 1.165) is 30.9 Å². The molecule has 0 saturated carbocycles. The molecule has 0 aliphatic rings. The maximum atomic E-state index is 6.20. The second-order valence-corrected chi connectivity index (χ2v) is 5.47. The fourth-order valence-corrected chi connectivity index (χ4v) is 2.72. The first-order valence-corrected chi connectivity index (χ1v) is 7.34. The van der Waals surface area contributed by atoms with Crippen LogP contribution in [0.5, 0.6) is 0 Å². The fourth-order valence-electron chi connectivity index (χ4n) is 2.72. The zero-order valence-electron chi connectivity index (χ0n) is 12.8. The van der Waals surface area contributed by atoms with E-state index in [1.54, 1.807) is 0 Å². The molecule has 0 fully saturated rings. The minimum atomic E-state index is 0.492. The highest BCUT2D eigenvalue weighted by atomic mass is 16.3. The summed E-state index contributed by atoms with van der Waals surface area (Å²) in [6.45, 7) is 12.8. The van der Waals surface area contributed by atoms with E-state index in [1.165, 1.54) is 22.1 Å². The van der Waals surface area contributed by atoms with Crippen LogP contribution in [0.1, 0.15) is 56.1 Å². The van der Waals surface area contributed by atoms with Gasteiger partial charge >= 0.3 is 0 Å². The molecule has 2 nitrogen and oxygen atoms in total. The van der Waals surface area contributed by atoms with Crippen LogP contribution in [0, 0.1) is 6.92 Å². The Hall–Kier alpha value is -1.28. The third-order valence-corrected chi connectivity index (χ3v) is 3.77. The van der Waals surface area contributed by atoms with Crippen LogP contribution in [0.2, 0.25) is 0 Å². The first-order chi connectivity index (χ1) is 9.10. The molecule has 0 atom stereocenters. The highest BCUT2D eigenvalue weighted by Gasteiger charge is 2.18. The van der Waals surface area contributed by atoms with E-state index in [4.69, 9.17) is 4.42 Å². The van der Waals surface area contributed by atoms with Gasteiger partial charge in [-0.1, -0.05) is 39.8 Å². The number of hydrogen-bond acceptors (Lipinski definition) is 2. The quantitative estimate of drug-likeness (QED) is 0.853. The zero-order valence-corrected chi connectivity index (χ0v) is 12.8. The molecule has 2 heteroatoms. The lowest BCUT2D eigenvalue weighted by Crippen LogP contribution is -2.12. The molecule has 104 valence electrons. The standard InChI is InChI=1S/C17H25NO/c1-6-13-15(10-18-7-2)19-17-14(11(3)4)9-8-12(5)16(13)17/h8-9,11,18H,6-7,10H2,1-5H3. The smallest absolute Gasteiger partial charge is 0.138 e. The Balaban J connectivity index is 2.66. The summed E-state index contributed by atoms with van der Waals surface area (Å²) in [5.74, 6) is 1.60. The van der Waals surface area contributed by atoms with Gasteiger partial charge in [0.25, 0.3) is 0 Å². The number of fused-ring (bicyclic) bond motifs is 1. The SMILES string of the molecule is CCNCc1oc2c(C(C)C)ccc(C)c2c1CC. The number of hydrogen-bond donors (Lipinski definition) is 1. The first-order valence-electron chi connectivity index (χ1n) is 7.34. The molecule has 0 saturated heterocycles. The molecule has 19 heavy (non-hydrogen) atoms. The minimum Gasteiger partial charge on any atom is -0.459 e. The molecule has 0 bridgehead atoms. The maximum absolute atomic E-state index is 6.20. The highest BCUT2D eigenvalue weighted by molar-refractivity contribution is 5.88. The van der Waals surface area contributed by atoms with Gasteiger partial charge in [0.2, 0.25) is 0 Å². The van der Waals surface area contributed by atoms with Crippen LogP contribution in [0.3, 0.4) is 0 Å². The molecule has 1 heterocycles. The molecule has 0 aliphatic carbocycles. The van der Waals surface area contributed by atoms with Crippen LogP contribution < -0.4 is 5.32 Å². The average Bonchev–Trinajstić information content (AvgIpc) is 2.75. The van der Waals surface area contributed by atoms with Crippen molar-refractivity contribution in [2.45, 2.75) is 53.5 Å². The van der Waals surface area contributed by atoms with Crippen LogP contribution in [-0.2, 0) is 13.0 Å². The predicted molar refractivity (Wildman–Crippen MR) is 81.8 cm³/mol. The Bertz CT molecular complexity index is 566. The molecule has 0 unspecified atom stereocenters. The van der Waals surface area contributed by atoms with Crippen molar-refractivity contribution in [1.29, 1.82) is 0 Å². The zero-order chi connectivity index (χ0) is 14.0. The molecule has 0 radical (unpaired) electrons. The molecule has 1 N–H and O–H groups in total. The summed E-state index contributed by atoms with van der Waals surface area (Å²) in [6, 6.07) is 4.44. The lowest BCUT2D eigenvalue weighted by Gasteiger charge is -2.07. The molecule has 0 amide bonds. The molecule has 1 aromatic heterocycles. The van der Waals surface area contributed by atoms with E-state index < -0.39 is 0 Å². The molecule has 2 aromatic rings. The van der Waals surface area contributed by atoms with Crippen molar-refractivity contribution >= 4 is 11.0 Å². The van der Waals surface area contributed by atoms with Gasteiger partial charge in [-0.25, -0.2) is 0 Å². The molecule has 2 rings (SSSR count). The molecule has 0 aliphatic heterocycles. The fraction of sp³-hybridized carbons (Fsp3) is 0.529. The summed E-state index contributed by atoms with van der Waals surface area (Å²) in [5, 5.41) is 4.71. The Morgan fingerprint density at radius 3 is 2.53 bits per heavy atom. The summed E-state index contributed by atoms with van der Waals surface area (Å²) in [5.41, 5.74) is 5.11. The van der Waals surface area contributed by atoms with Gasteiger partial charge in [0, 0.05) is 10.9 Å². The number of rotatable bonds is 5. The first kappa shape index (κ1) is 14.1. The van der Waals surface area contributed by atoms with Crippen molar-refractivity contribution in [2.75, 3.05) is 6.54 Å². The molecular weight excluding hydrogens is 234 g/mol. The molecule has 0 spiro atoms. The van der Waals surface area contributed by atoms with Gasteiger partial charge in [0.1, 0.15) is 11.3 Å². The van der Waals surface area contributed by atoms with Crippen molar-refractivity contribution in [3.8, 4) is 0 Å². The van der Waals surface area contributed by atoms with Gasteiger partial charge in [-0.05, 0) is 36.9 Å². The van der Waals surface area contributed by atoms with Gasteiger partial charge < -0.3 is 9.73 Å². The number of nitrogens with one attached hydrogen (secondary N) is 1. The van der Waals surface area contributed by atoms with Crippen molar-refractivity contribution in [1.82, 2.24) is 5.32 Å². The lowest BCUT2D eigenvalue weighted by atomic mass is 9.96. The summed E-state index contributed by atoms with van der Waals surface area (Å²) >= 11 is 0. The second-order valence-electron chi connectivity index (χ2n) is 5.47. The van der Waals surface area contributed by atoms with Gasteiger partial charge in [-0.3, -0.25) is 0 Å². The third kappa shape index (κ3) is 2.55. The van der Waals surface area contributed by atoms with E-state index in [2.05, 4.69) is 52.1 Å². The number of benzene rings is 1. The monoisotopic (exact) mass is 259 g/mol. The van der Waals surface area contributed by atoms with E-state index in [0.29, 0.717) is 5.92 Å². The van der Waals surface area contributed by atoms with Gasteiger partial charge in [0.15, 0.2) is 0 Å². The lowest BCUT2D eigenvalue weighted by molar-refractivity contribution is 0.510. The Morgan fingerprint density at radius 2 is 1.95 bits per heavy atom. The summed E-state index contributed by atoms with van der Waals surface area (Å²) in [4.78, 5) is 0. The topological polar surface area (TPSA) is 25.2 Å². The second kappa shape index (κ2) is 5.79. The van der Waals surface area contributed by atoms with E-state index in [-0.39, 0.29) is 0 Å². The minimum absolute atomic E-state index is 0.492.